The number of ether oxygens (including phenoxy) is 3. The van der Waals surface area contributed by atoms with Crippen LogP contribution in [0, 0.1) is 0 Å². The van der Waals surface area contributed by atoms with E-state index in [-0.39, 0.29) is 24.3 Å². The third-order valence-corrected chi connectivity index (χ3v) is 6.79. The maximum atomic E-state index is 12.8. The topological polar surface area (TPSA) is 65.1 Å². The van der Waals surface area contributed by atoms with Gasteiger partial charge in [-0.15, -0.1) is 0 Å². The summed E-state index contributed by atoms with van der Waals surface area (Å²) in [6.45, 7) is 0.704. The fourth-order valence-electron chi connectivity index (χ4n) is 3.32. The van der Waals surface area contributed by atoms with Gasteiger partial charge in [0.2, 0.25) is 0 Å². The Balaban J connectivity index is 1.43. The van der Waals surface area contributed by atoms with Crippen LogP contribution in [0.2, 0.25) is 5.02 Å². The number of amides is 2. The summed E-state index contributed by atoms with van der Waals surface area (Å²) in [5, 5.41) is 0.266. The summed E-state index contributed by atoms with van der Waals surface area (Å²) in [6.07, 6.45) is 1.67. The number of hydrogen-bond acceptors (Lipinski definition) is 6. The lowest BCUT2D eigenvalue weighted by atomic mass is 10.1. The molecule has 4 rings (SSSR count). The molecule has 0 spiro atoms. The molecule has 180 valence electrons. The Hall–Kier alpha value is -2.94. The molecule has 0 atom stereocenters. The van der Waals surface area contributed by atoms with Crippen molar-refractivity contribution in [1.82, 2.24) is 4.90 Å². The van der Waals surface area contributed by atoms with Crippen molar-refractivity contribution in [1.29, 1.82) is 0 Å². The molecule has 1 saturated heterocycles. The van der Waals surface area contributed by atoms with Gasteiger partial charge in [0.15, 0.2) is 11.5 Å². The monoisotopic (exact) mass is 573 g/mol. The van der Waals surface area contributed by atoms with E-state index in [0.29, 0.717) is 43.8 Å². The van der Waals surface area contributed by atoms with E-state index in [4.69, 9.17) is 25.8 Å². The minimum atomic E-state index is -0.362. The van der Waals surface area contributed by atoms with E-state index in [0.717, 1.165) is 17.3 Å². The molecule has 1 heterocycles. The molecule has 35 heavy (non-hydrogen) atoms. The second-order valence-electron chi connectivity index (χ2n) is 7.44. The lowest BCUT2D eigenvalue weighted by Crippen LogP contribution is -2.32. The molecule has 0 aromatic heterocycles. The number of benzene rings is 3. The van der Waals surface area contributed by atoms with Gasteiger partial charge in [-0.25, -0.2) is 0 Å². The van der Waals surface area contributed by atoms with E-state index in [1.54, 1.807) is 43.5 Å². The smallest absolute Gasteiger partial charge is 0.293 e. The van der Waals surface area contributed by atoms with Crippen molar-refractivity contribution < 1.29 is 23.8 Å². The molecule has 1 aliphatic rings. The predicted molar refractivity (Wildman–Crippen MR) is 141 cm³/mol. The van der Waals surface area contributed by atoms with Crippen molar-refractivity contribution in [2.75, 3.05) is 20.3 Å². The van der Waals surface area contributed by atoms with Gasteiger partial charge in [-0.1, -0.05) is 41.9 Å². The average molecular weight is 575 g/mol. The number of rotatable bonds is 9. The van der Waals surface area contributed by atoms with Crippen molar-refractivity contribution in [3.8, 4) is 17.2 Å². The van der Waals surface area contributed by atoms with E-state index < -0.39 is 0 Å². The third-order valence-electron chi connectivity index (χ3n) is 5.05. The average Bonchev–Trinajstić information content (AvgIpc) is 3.12. The fraction of sp³-hybridized carbons (Fsp3) is 0.154. The molecule has 0 radical (unpaired) electrons. The van der Waals surface area contributed by atoms with Gasteiger partial charge in [0, 0.05) is 5.02 Å². The fourth-order valence-corrected chi connectivity index (χ4v) is 4.89. The Bertz CT molecular complexity index is 1250. The van der Waals surface area contributed by atoms with Crippen molar-refractivity contribution in [3.05, 3.63) is 92.3 Å². The zero-order chi connectivity index (χ0) is 24.8. The number of imide groups is 1. The van der Waals surface area contributed by atoms with Crippen LogP contribution in [-0.4, -0.2) is 36.3 Å². The first-order valence-corrected chi connectivity index (χ1v) is 12.6. The molecular formula is C26H21BrClNO5S. The molecular weight excluding hydrogens is 554 g/mol. The van der Waals surface area contributed by atoms with Gasteiger partial charge in [-0.2, -0.15) is 0 Å². The first-order valence-electron chi connectivity index (χ1n) is 10.6. The first kappa shape index (κ1) is 25.2. The Morgan fingerprint density at radius 1 is 1.03 bits per heavy atom. The summed E-state index contributed by atoms with van der Waals surface area (Å²) in [7, 11) is 1.55. The summed E-state index contributed by atoms with van der Waals surface area (Å²) in [4.78, 5) is 26.8. The number of hydrogen-bond donors (Lipinski definition) is 0. The van der Waals surface area contributed by atoms with Crippen LogP contribution < -0.4 is 14.2 Å². The van der Waals surface area contributed by atoms with Gasteiger partial charge in [0.1, 0.15) is 19.0 Å². The van der Waals surface area contributed by atoms with E-state index in [1.165, 1.54) is 4.90 Å². The van der Waals surface area contributed by atoms with E-state index in [9.17, 15) is 9.59 Å². The van der Waals surface area contributed by atoms with Crippen LogP contribution in [0.3, 0.4) is 0 Å². The lowest BCUT2D eigenvalue weighted by molar-refractivity contribution is -0.123. The summed E-state index contributed by atoms with van der Waals surface area (Å²) >= 11 is 10.3. The summed E-state index contributed by atoms with van der Waals surface area (Å²) < 4.78 is 17.8. The van der Waals surface area contributed by atoms with Crippen LogP contribution in [0.4, 0.5) is 4.79 Å². The number of methoxy groups -OCH3 is 1. The highest BCUT2D eigenvalue weighted by molar-refractivity contribution is 9.10. The van der Waals surface area contributed by atoms with Gasteiger partial charge in [0.05, 0.1) is 23.0 Å². The quantitative estimate of drug-likeness (QED) is 0.262. The predicted octanol–water partition coefficient (Wildman–Crippen LogP) is 6.81. The molecule has 0 aliphatic carbocycles. The van der Waals surface area contributed by atoms with Gasteiger partial charge in [-0.3, -0.25) is 14.5 Å². The highest BCUT2D eigenvalue weighted by atomic mass is 79.9. The zero-order valence-electron chi connectivity index (χ0n) is 18.7. The standard InChI is InChI=1S/C26H21BrClNO5S/c1-32-22-14-18(13-21(27)24(22)34-16-17-5-3-2-4-6-17)15-23-25(30)29(26(31)35-23)11-12-33-20-9-7-19(28)8-10-20/h2-10,13-15H,11-12,16H2,1H3/b23-15-. The van der Waals surface area contributed by atoms with Crippen LogP contribution in [-0.2, 0) is 11.4 Å². The number of nitrogens with zero attached hydrogens (tertiary/aromatic N) is 1. The normalized spacial score (nSPS) is 14.5. The molecule has 6 nitrogen and oxygen atoms in total. The molecule has 0 bridgehead atoms. The number of carbonyl (C=O) groups excluding carboxylic acids is 2. The molecule has 1 aliphatic heterocycles. The van der Waals surface area contributed by atoms with E-state index >= 15 is 0 Å². The van der Waals surface area contributed by atoms with E-state index in [2.05, 4.69) is 15.9 Å². The van der Waals surface area contributed by atoms with E-state index in [1.807, 2.05) is 36.4 Å². The third kappa shape index (κ3) is 6.39. The SMILES string of the molecule is COc1cc(/C=C2\SC(=O)N(CCOc3ccc(Cl)cc3)C2=O)cc(Br)c1OCc1ccccc1. The largest absolute Gasteiger partial charge is 0.493 e. The van der Waals surface area contributed by atoms with Crippen molar-refractivity contribution in [3.63, 3.8) is 0 Å². The molecule has 1 fully saturated rings. The van der Waals surface area contributed by atoms with Gasteiger partial charge in [0.25, 0.3) is 11.1 Å². The maximum Gasteiger partial charge on any atom is 0.293 e. The Morgan fingerprint density at radius 3 is 2.49 bits per heavy atom. The van der Waals surface area contributed by atoms with Crippen molar-refractivity contribution in [2.24, 2.45) is 0 Å². The second-order valence-corrected chi connectivity index (χ2v) is 9.73. The molecule has 2 amide bonds. The van der Waals surface area contributed by atoms with Gasteiger partial charge < -0.3 is 14.2 Å². The van der Waals surface area contributed by atoms with Crippen LogP contribution >= 0.6 is 39.3 Å². The van der Waals surface area contributed by atoms with Crippen molar-refractivity contribution in [2.45, 2.75) is 6.61 Å². The van der Waals surface area contributed by atoms with Crippen LogP contribution in [0.15, 0.2) is 76.1 Å². The first-order chi connectivity index (χ1) is 16.9. The van der Waals surface area contributed by atoms with Crippen molar-refractivity contribution >= 4 is 56.5 Å². The Kier molecular flexibility index (Phi) is 8.38. The Morgan fingerprint density at radius 2 is 1.77 bits per heavy atom. The number of halogens is 2. The minimum Gasteiger partial charge on any atom is -0.493 e. The highest BCUT2D eigenvalue weighted by Gasteiger charge is 2.35. The Labute approximate surface area is 220 Å². The second kappa shape index (κ2) is 11.7. The highest BCUT2D eigenvalue weighted by Crippen LogP contribution is 2.39. The lowest BCUT2D eigenvalue weighted by Gasteiger charge is -2.14. The van der Waals surface area contributed by atoms with Crippen LogP contribution in [0.5, 0.6) is 17.2 Å². The maximum absolute atomic E-state index is 12.8. The molecule has 9 heteroatoms. The van der Waals surface area contributed by atoms with Crippen LogP contribution in [0.25, 0.3) is 6.08 Å². The summed E-state index contributed by atoms with van der Waals surface area (Å²) in [5.41, 5.74) is 1.72. The molecule has 3 aromatic carbocycles. The minimum absolute atomic E-state index is 0.143. The molecule has 0 N–H and O–H groups in total. The molecule has 3 aromatic rings. The summed E-state index contributed by atoms with van der Waals surface area (Å²) in [5.74, 6) is 1.32. The molecule has 0 saturated carbocycles. The number of carbonyl (C=O) groups is 2. The van der Waals surface area contributed by atoms with Gasteiger partial charge in [-0.05, 0) is 81.3 Å². The van der Waals surface area contributed by atoms with Crippen LogP contribution in [0.1, 0.15) is 11.1 Å². The summed E-state index contributed by atoms with van der Waals surface area (Å²) in [6, 6.07) is 20.3. The molecule has 0 unspecified atom stereocenters. The van der Waals surface area contributed by atoms with Gasteiger partial charge >= 0.3 is 0 Å². The number of thioether (sulfide) groups is 1. The zero-order valence-corrected chi connectivity index (χ0v) is 21.9.